The zero-order valence-corrected chi connectivity index (χ0v) is 23.8. The number of amides is 2. The van der Waals surface area contributed by atoms with Gasteiger partial charge in [-0.2, -0.15) is 0 Å². The number of imide groups is 1. The number of aromatic nitrogens is 1. The monoisotopic (exact) mass is 584 g/mol. The van der Waals surface area contributed by atoms with E-state index in [0.717, 1.165) is 66.0 Å². The van der Waals surface area contributed by atoms with Crippen molar-refractivity contribution >= 4 is 63.6 Å². The number of carbonyl (C=O) groups is 2. The molecule has 0 bridgehead atoms. The molecule has 3 aromatic rings. The summed E-state index contributed by atoms with van der Waals surface area (Å²) in [5.74, 6) is -0.424. The van der Waals surface area contributed by atoms with Gasteiger partial charge in [0.05, 0.1) is 22.1 Å². The number of nitro benzene ring substituents is 1. The van der Waals surface area contributed by atoms with Crippen LogP contribution in [0.1, 0.15) is 41.8 Å². The number of hydrogen-bond donors (Lipinski definition) is 0. The van der Waals surface area contributed by atoms with Gasteiger partial charge in [-0.3, -0.25) is 24.6 Å². The first-order valence-corrected chi connectivity index (χ1v) is 14.1. The van der Waals surface area contributed by atoms with Crippen LogP contribution in [0.15, 0.2) is 47.4 Å². The summed E-state index contributed by atoms with van der Waals surface area (Å²) < 4.78 is 1.92. The Balaban J connectivity index is 1.45. The minimum absolute atomic E-state index is 0.0213. The van der Waals surface area contributed by atoms with Gasteiger partial charge in [0, 0.05) is 46.2 Å². The first-order chi connectivity index (χ1) is 18.7. The van der Waals surface area contributed by atoms with Crippen molar-refractivity contribution in [3.8, 4) is 5.69 Å². The minimum Gasteiger partial charge on any atom is -0.366 e. The van der Waals surface area contributed by atoms with Crippen LogP contribution in [-0.4, -0.2) is 38.6 Å². The van der Waals surface area contributed by atoms with Gasteiger partial charge in [-0.15, -0.1) is 0 Å². The Morgan fingerprint density at radius 3 is 2.38 bits per heavy atom. The molecular formula is C28H26Cl2N4O4S. The molecule has 1 aromatic heterocycles. The van der Waals surface area contributed by atoms with Crippen molar-refractivity contribution in [2.45, 2.75) is 39.7 Å². The van der Waals surface area contributed by atoms with Crippen LogP contribution in [0, 0.1) is 24.0 Å². The second-order valence-corrected chi connectivity index (χ2v) is 11.4. The average Bonchev–Trinajstić information content (AvgIpc) is 3.34. The second-order valence-electron chi connectivity index (χ2n) is 9.61. The van der Waals surface area contributed by atoms with E-state index < -0.39 is 11.1 Å². The molecule has 0 spiro atoms. The van der Waals surface area contributed by atoms with E-state index in [-0.39, 0.29) is 22.1 Å². The molecule has 8 nitrogen and oxygen atoms in total. The quantitative estimate of drug-likeness (QED) is 0.169. The third kappa shape index (κ3) is 5.31. The maximum Gasteiger partial charge on any atom is 0.294 e. The maximum absolute atomic E-state index is 13.2. The van der Waals surface area contributed by atoms with Crippen LogP contribution in [-0.2, 0) is 11.3 Å². The number of aryl methyl sites for hydroxylation is 1. The number of benzene rings is 2. The van der Waals surface area contributed by atoms with Crippen molar-refractivity contribution in [2.75, 3.05) is 18.0 Å². The normalized spacial score (nSPS) is 17.0. The third-order valence-electron chi connectivity index (χ3n) is 7.12. The number of nitro groups is 1. The Hall–Kier alpha value is -3.27. The molecule has 202 valence electrons. The molecule has 3 heterocycles. The predicted octanol–water partition coefficient (Wildman–Crippen LogP) is 7.54. The molecule has 0 saturated carbocycles. The highest BCUT2D eigenvalue weighted by molar-refractivity contribution is 8.18. The molecule has 2 fully saturated rings. The fourth-order valence-electron chi connectivity index (χ4n) is 5.15. The zero-order valence-electron chi connectivity index (χ0n) is 21.4. The lowest BCUT2D eigenvalue weighted by Gasteiger charge is -2.28. The molecule has 0 N–H and O–H groups in total. The van der Waals surface area contributed by atoms with Crippen molar-refractivity contribution in [2.24, 2.45) is 0 Å². The zero-order chi connectivity index (χ0) is 27.8. The van der Waals surface area contributed by atoms with Crippen LogP contribution in [0.3, 0.4) is 0 Å². The van der Waals surface area contributed by atoms with Gasteiger partial charge in [-0.25, -0.2) is 0 Å². The van der Waals surface area contributed by atoms with Gasteiger partial charge >= 0.3 is 0 Å². The largest absolute Gasteiger partial charge is 0.366 e. The van der Waals surface area contributed by atoms with Gasteiger partial charge in [0.15, 0.2) is 0 Å². The molecule has 5 rings (SSSR count). The fraction of sp³-hybridized carbons (Fsp3) is 0.286. The third-order valence-corrected chi connectivity index (χ3v) is 8.73. The molecule has 39 heavy (non-hydrogen) atoms. The number of thioether (sulfide) groups is 1. The molecule has 2 aliphatic rings. The van der Waals surface area contributed by atoms with E-state index in [1.54, 1.807) is 30.3 Å². The molecule has 2 saturated heterocycles. The number of piperidine rings is 1. The molecule has 0 unspecified atom stereocenters. The Labute approximate surface area is 240 Å². The number of anilines is 1. The number of halogens is 2. The van der Waals surface area contributed by atoms with E-state index >= 15 is 0 Å². The molecule has 0 aliphatic carbocycles. The predicted molar refractivity (Wildman–Crippen MR) is 156 cm³/mol. The van der Waals surface area contributed by atoms with E-state index in [1.165, 1.54) is 0 Å². The highest BCUT2D eigenvalue weighted by Gasteiger charge is 2.36. The summed E-state index contributed by atoms with van der Waals surface area (Å²) in [5.41, 5.74) is 4.28. The Bertz CT molecular complexity index is 1510. The average molecular weight is 586 g/mol. The summed E-state index contributed by atoms with van der Waals surface area (Å²) in [6.07, 6.45) is 4.87. The Morgan fingerprint density at radius 2 is 1.72 bits per heavy atom. The SMILES string of the molecule is Cc1cc(/C=C2\SC(=O)N(Cc3c(Cl)cccc3Cl)C2=O)c(C)n1-c1ccc(N2CCCCC2)c([N+](=O)[O-])c1. The first-order valence-electron chi connectivity index (χ1n) is 12.6. The Kier molecular flexibility index (Phi) is 7.75. The van der Waals surface area contributed by atoms with Crippen LogP contribution in [0.2, 0.25) is 10.0 Å². The van der Waals surface area contributed by atoms with E-state index in [9.17, 15) is 19.7 Å². The van der Waals surface area contributed by atoms with Gasteiger partial charge in [0.25, 0.3) is 16.8 Å². The van der Waals surface area contributed by atoms with Crippen molar-refractivity contribution in [1.29, 1.82) is 0 Å². The summed E-state index contributed by atoms with van der Waals surface area (Å²) >= 11 is 13.4. The summed E-state index contributed by atoms with van der Waals surface area (Å²) in [5, 5.41) is 12.4. The fourth-order valence-corrected chi connectivity index (χ4v) is 6.50. The van der Waals surface area contributed by atoms with Crippen molar-refractivity contribution in [3.63, 3.8) is 0 Å². The highest BCUT2D eigenvalue weighted by Crippen LogP contribution is 2.38. The molecule has 0 radical (unpaired) electrons. The van der Waals surface area contributed by atoms with Gasteiger partial charge in [-0.05, 0) is 86.8 Å². The van der Waals surface area contributed by atoms with E-state index in [1.807, 2.05) is 36.6 Å². The smallest absolute Gasteiger partial charge is 0.294 e. The molecule has 2 aromatic carbocycles. The lowest BCUT2D eigenvalue weighted by molar-refractivity contribution is -0.384. The molecule has 0 atom stereocenters. The standard InChI is InChI=1S/C28H26Cl2N4O4S/c1-17-13-19(14-26-27(35)32(28(36)39-26)16-21-22(29)7-6-8-23(21)30)18(2)33(17)20-9-10-24(25(15-20)34(37)38)31-11-4-3-5-12-31/h6-10,13-15H,3-5,11-12,16H2,1-2H3/b26-14-. The van der Waals surface area contributed by atoms with E-state index in [0.29, 0.717) is 27.0 Å². The van der Waals surface area contributed by atoms with Crippen molar-refractivity contribution in [1.82, 2.24) is 9.47 Å². The highest BCUT2D eigenvalue weighted by atomic mass is 35.5. The van der Waals surface area contributed by atoms with Crippen LogP contribution in [0.4, 0.5) is 16.2 Å². The number of carbonyl (C=O) groups excluding carboxylic acids is 2. The van der Waals surface area contributed by atoms with Crippen molar-refractivity contribution < 1.29 is 14.5 Å². The summed E-state index contributed by atoms with van der Waals surface area (Å²) in [4.78, 5) is 41.1. The topological polar surface area (TPSA) is 88.7 Å². The molecular weight excluding hydrogens is 559 g/mol. The lowest BCUT2D eigenvalue weighted by atomic mass is 10.1. The van der Waals surface area contributed by atoms with Gasteiger partial charge in [0.2, 0.25) is 0 Å². The van der Waals surface area contributed by atoms with Crippen LogP contribution in [0.5, 0.6) is 0 Å². The van der Waals surface area contributed by atoms with Gasteiger partial charge in [0.1, 0.15) is 5.69 Å². The maximum atomic E-state index is 13.2. The van der Waals surface area contributed by atoms with Crippen molar-refractivity contribution in [3.05, 3.63) is 90.0 Å². The summed E-state index contributed by atoms with van der Waals surface area (Å²) in [7, 11) is 0. The molecule has 2 amide bonds. The van der Waals surface area contributed by atoms with E-state index in [4.69, 9.17) is 23.2 Å². The van der Waals surface area contributed by atoms with Gasteiger partial charge < -0.3 is 9.47 Å². The molecule has 2 aliphatic heterocycles. The molecule has 11 heteroatoms. The second kappa shape index (κ2) is 11.1. The van der Waals surface area contributed by atoms with Gasteiger partial charge in [-0.1, -0.05) is 29.3 Å². The summed E-state index contributed by atoms with van der Waals surface area (Å²) in [6.45, 7) is 5.39. The Morgan fingerprint density at radius 1 is 1.03 bits per heavy atom. The summed E-state index contributed by atoms with van der Waals surface area (Å²) in [6, 6.07) is 12.2. The number of hydrogen-bond acceptors (Lipinski definition) is 6. The van der Waals surface area contributed by atoms with Crippen LogP contribution < -0.4 is 4.90 Å². The number of nitrogens with zero attached hydrogens (tertiary/aromatic N) is 4. The first kappa shape index (κ1) is 27.3. The van der Waals surface area contributed by atoms with Crippen LogP contribution >= 0.6 is 35.0 Å². The number of rotatable bonds is 6. The van der Waals surface area contributed by atoms with Crippen LogP contribution in [0.25, 0.3) is 11.8 Å². The lowest BCUT2D eigenvalue weighted by Crippen LogP contribution is -2.30. The minimum atomic E-state index is -0.424. The van der Waals surface area contributed by atoms with E-state index in [2.05, 4.69) is 4.90 Å².